The Kier molecular flexibility index (Phi) is 6.00. The molecule has 4 aliphatic rings. The lowest BCUT2D eigenvalue weighted by Crippen LogP contribution is -2.50. The van der Waals surface area contributed by atoms with Gasteiger partial charge in [-0.05, 0) is 48.4 Å². The number of halogens is 2. The fraction of sp³-hybridized carbons (Fsp3) is 0.577. The molecule has 1 saturated carbocycles. The molecule has 0 bridgehead atoms. The van der Waals surface area contributed by atoms with E-state index in [4.69, 9.17) is 5.10 Å². The van der Waals surface area contributed by atoms with Gasteiger partial charge in [-0.3, -0.25) is 9.59 Å². The van der Waals surface area contributed by atoms with Gasteiger partial charge < -0.3 is 15.5 Å². The number of amides is 2. The number of anilines is 2. The number of carbonyl (C=O) groups is 2. The molecule has 6 rings (SSSR count). The van der Waals surface area contributed by atoms with E-state index in [1.165, 1.54) is 0 Å². The Morgan fingerprint density at radius 3 is 2.74 bits per heavy atom. The van der Waals surface area contributed by atoms with Gasteiger partial charge in [0, 0.05) is 38.0 Å². The zero-order valence-electron chi connectivity index (χ0n) is 21.2. The molecule has 1 saturated heterocycles. The second-order valence-electron chi connectivity index (χ2n) is 11.3. The number of aromatic nitrogens is 2. The van der Waals surface area contributed by atoms with Crippen LogP contribution in [0, 0.1) is 11.8 Å². The van der Waals surface area contributed by atoms with Crippen LogP contribution < -0.4 is 15.5 Å². The van der Waals surface area contributed by atoms with Crippen molar-refractivity contribution < 1.29 is 26.8 Å². The molecular formula is C26H31F2N5O4S. The minimum atomic E-state index is -3.54. The highest BCUT2D eigenvalue weighted by Gasteiger charge is 2.47. The van der Waals surface area contributed by atoms with Crippen molar-refractivity contribution in [2.45, 2.75) is 57.0 Å². The molecule has 1 aromatic heterocycles. The van der Waals surface area contributed by atoms with Crippen LogP contribution in [0.1, 0.15) is 52.9 Å². The normalized spacial score (nSPS) is 22.8. The third kappa shape index (κ3) is 4.67. The standard InChI is InChI=1S/C26H31F2N5O4S/c1-38(36,37)14-21(34)29-24-22-20(31-33(24)9-7-15-2-3-15)11-26(30-25(22)35)8-6-16-10-18(4-5-19(16)26)32-12-17(13-32)23(27)28/h4-5,10,15,17,23H,2-3,6-9,11-14H2,1H3,(H,29,34)(H,30,35)/t26-/m1/s1. The Hall–Kier alpha value is -3.02. The number of sulfone groups is 1. The molecule has 2 amide bonds. The molecule has 2 N–H and O–H groups in total. The van der Waals surface area contributed by atoms with E-state index in [1.54, 1.807) is 4.68 Å². The smallest absolute Gasteiger partial charge is 0.257 e. The summed E-state index contributed by atoms with van der Waals surface area (Å²) in [5.74, 6) is -1.46. The van der Waals surface area contributed by atoms with E-state index in [0.29, 0.717) is 44.1 Å². The van der Waals surface area contributed by atoms with Crippen LogP contribution in [0.15, 0.2) is 18.2 Å². The molecule has 2 aliphatic carbocycles. The van der Waals surface area contributed by atoms with Gasteiger partial charge in [0.05, 0.1) is 17.2 Å². The zero-order chi connectivity index (χ0) is 26.8. The minimum absolute atomic E-state index is 0.251. The number of rotatable bonds is 8. The lowest BCUT2D eigenvalue weighted by atomic mass is 9.82. The fourth-order valence-electron chi connectivity index (χ4n) is 6.02. The first-order chi connectivity index (χ1) is 18.0. The summed E-state index contributed by atoms with van der Waals surface area (Å²) in [6.07, 6.45) is 3.73. The van der Waals surface area contributed by atoms with Crippen LogP contribution >= 0.6 is 0 Å². The molecule has 38 heavy (non-hydrogen) atoms. The number of hydrogen-bond donors (Lipinski definition) is 2. The van der Waals surface area contributed by atoms with Gasteiger partial charge in [-0.25, -0.2) is 21.9 Å². The van der Waals surface area contributed by atoms with Crippen molar-refractivity contribution in [3.05, 3.63) is 40.6 Å². The van der Waals surface area contributed by atoms with E-state index in [2.05, 4.69) is 10.6 Å². The van der Waals surface area contributed by atoms with Crippen LogP contribution in [0.3, 0.4) is 0 Å². The molecule has 3 heterocycles. The number of nitrogens with one attached hydrogen (secondary N) is 2. The molecule has 204 valence electrons. The van der Waals surface area contributed by atoms with Gasteiger partial charge in [0.25, 0.3) is 5.91 Å². The number of aryl methyl sites for hydroxylation is 2. The maximum Gasteiger partial charge on any atom is 0.257 e. The first kappa shape index (κ1) is 25.3. The van der Waals surface area contributed by atoms with Crippen LogP contribution in [-0.2, 0) is 39.6 Å². The van der Waals surface area contributed by atoms with Gasteiger partial charge in [-0.15, -0.1) is 0 Å². The van der Waals surface area contributed by atoms with E-state index in [9.17, 15) is 26.8 Å². The summed E-state index contributed by atoms with van der Waals surface area (Å²) < 4.78 is 50.8. The van der Waals surface area contributed by atoms with Crippen molar-refractivity contribution in [2.24, 2.45) is 11.8 Å². The number of carbonyl (C=O) groups excluding carboxylic acids is 2. The van der Waals surface area contributed by atoms with Crippen molar-refractivity contribution in [3.8, 4) is 0 Å². The predicted octanol–water partition coefficient (Wildman–Crippen LogP) is 2.50. The van der Waals surface area contributed by atoms with Gasteiger partial charge in [0.1, 0.15) is 17.1 Å². The largest absolute Gasteiger partial charge is 0.370 e. The van der Waals surface area contributed by atoms with Crippen molar-refractivity contribution in [2.75, 3.05) is 35.3 Å². The average Bonchev–Trinajstić information content (AvgIpc) is 3.47. The molecule has 9 nitrogen and oxygen atoms in total. The van der Waals surface area contributed by atoms with Crippen LogP contribution in [0.25, 0.3) is 0 Å². The van der Waals surface area contributed by atoms with Crippen molar-refractivity contribution in [3.63, 3.8) is 0 Å². The quantitative estimate of drug-likeness (QED) is 0.525. The van der Waals surface area contributed by atoms with Crippen molar-refractivity contribution in [1.29, 1.82) is 0 Å². The van der Waals surface area contributed by atoms with E-state index >= 15 is 0 Å². The molecule has 2 aliphatic heterocycles. The van der Waals surface area contributed by atoms with E-state index in [1.807, 2.05) is 23.1 Å². The van der Waals surface area contributed by atoms with E-state index < -0.39 is 39.4 Å². The Balaban J connectivity index is 1.28. The van der Waals surface area contributed by atoms with Crippen LogP contribution in [-0.4, -0.2) is 61.5 Å². The maximum atomic E-state index is 13.5. The number of hydrogen-bond acceptors (Lipinski definition) is 6. The van der Waals surface area contributed by atoms with E-state index in [-0.39, 0.29) is 17.3 Å². The number of benzene rings is 1. The molecule has 1 spiro atoms. The molecule has 12 heteroatoms. The van der Waals surface area contributed by atoms with Gasteiger partial charge >= 0.3 is 0 Å². The van der Waals surface area contributed by atoms with Gasteiger partial charge in [-0.2, -0.15) is 5.10 Å². The van der Waals surface area contributed by atoms with Gasteiger partial charge in [-0.1, -0.05) is 18.9 Å². The zero-order valence-corrected chi connectivity index (χ0v) is 22.0. The highest BCUT2D eigenvalue weighted by molar-refractivity contribution is 7.91. The van der Waals surface area contributed by atoms with Crippen molar-refractivity contribution in [1.82, 2.24) is 15.1 Å². The second kappa shape index (κ2) is 9.03. The topological polar surface area (TPSA) is 113 Å². The van der Waals surface area contributed by atoms with Crippen LogP contribution in [0.4, 0.5) is 20.3 Å². The molecule has 0 unspecified atom stereocenters. The van der Waals surface area contributed by atoms with E-state index in [0.717, 1.165) is 48.8 Å². The highest BCUT2D eigenvalue weighted by Crippen LogP contribution is 2.45. The first-order valence-corrected chi connectivity index (χ1v) is 15.1. The molecule has 2 aromatic rings. The van der Waals surface area contributed by atoms with Crippen LogP contribution in [0.5, 0.6) is 0 Å². The van der Waals surface area contributed by atoms with Gasteiger partial charge in [0.2, 0.25) is 12.3 Å². The number of alkyl halides is 2. The number of nitrogens with zero attached hydrogens (tertiary/aromatic N) is 3. The molecule has 1 aromatic carbocycles. The summed E-state index contributed by atoms with van der Waals surface area (Å²) in [6.45, 7) is 1.21. The van der Waals surface area contributed by atoms with Gasteiger partial charge in [0.15, 0.2) is 9.84 Å². The summed E-state index contributed by atoms with van der Waals surface area (Å²) >= 11 is 0. The molecule has 2 fully saturated rings. The SMILES string of the molecule is CS(=O)(=O)CC(=O)Nc1c2c(nn1CCC1CC1)C[C@@]1(CCc3cc(N4CC(C(F)F)C4)ccc31)NC2=O. The Morgan fingerprint density at radius 2 is 2.05 bits per heavy atom. The summed E-state index contributed by atoms with van der Waals surface area (Å²) in [5, 5.41) is 10.6. The minimum Gasteiger partial charge on any atom is -0.370 e. The summed E-state index contributed by atoms with van der Waals surface area (Å²) in [5.41, 5.74) is 3.24. The lowest BCUT2D eigenvalue weighted by Gasteiger charge is -2.41. The number of fused-ring (bicyclic) bond motifs is 3. The molecular weight excluding hydrogens is 516 g/mol. The maximum absolute atomic E-state index is 13.5. The summed E-state index contributed by atoms with van der Waals surface area (Å²) in [7, 11) is -3.54. The first-order valence-electron chi connectivity index (χ1n) is 13.1. The second-order valence-corrected chi connectivity index (χ2v) is 13.4. The molecule has 1 atom stereocenters. The Bertz CT molecular complexity index is 1410. The lowest BCUT2D eigenvalue weighted by molar-refractivity contribution is -0.113. The third-order valence-corrected chi connectivity index (χ3v) is 9.01. The third-order valence-electron chi connectivity index (χ3n) is 8.23. The molecule has 0 radical (unpaired) electrons. The monoisotopic (exact) mass is 547 g/mol. The highest BCUT2D eigenvalue weighted by atomic mass is 32.2. The summed E-state index contributed by atoms with van der Waals surface area (Å²) in [4.78, 5) is 28.0. The Morgan fingerprint density at radius 1 is 1.29 bits per heavy atom. The van der Waals surface area contributed by atoms with Crippen LogP contribution in [0.2, 0.25) is 0 Å². The average molecular weight is 548 g/mol. The van der Waals surface area contributed by atoms with Crippen molar-refractivity contribution >= 4 is 33.2 Å². The Labute approximate surface area is 219 Å². The summed E-state index contributed by atoms with van der Waals surface area (Å²) in [6, 6.07) is 5.95. The fourth-order valence-corrected chi connectivity index (χ4v) is 6.57. The predicted molar refractivity (Wildman–Crippen MR) is 137 cm³/mol.